The molecular formula is C19H19ClN4OS2. The van der Waals surface area contributed by atoms with Crippen molar-refractivity contribution in [2.24, 2.45) is 0 Å². The maximum atomic E-state index is 12.8. The summed E-state index contributed by atoms with van der Waals surface area (Å²) in [5.74, 6) is 0.461. The molecule has 0 bridgehead atoms. The number of fused-ring (bicyclic) bond motifs is 1. The topological polar surface area (TPSA) is 51.0 Å². The standard InChI is InChI=1S/C19H19ClN4OS2/c1-12-3-4-14(9-16(12)20)24-11-21-22-19(24)27-10-18(25)23-7-5-17-15(13(23)2)6-8-26-17/h3-4,6,8-9,11,13H,5,7,10H2,1-2H3/t13-/m1/s1. The molecule has 1 aromatic carbocycles. The zero-order chi connectivity index (χ0) is 19.0. The van der Waals surface area contributed by atoms with Gasteiger partial charge in [-0.2, -0.15) is 0 Å². The predicted molar refractivity (Wildman–Crippen MR) is 110 cm³/mol. The summed E-state index contributed by atoms with van der Waals surface area (Å²) in [7, 11) is 0. The first-order valence-electron chi connectivity index (χ1n) is 8.69. The number of carbonyl (C=O) groups is 1. The number of nitrogens with zero attached hydrogens (tertiary/aromatic N) is 4. The molecule has 2 aromatic heterocycles. The largest absolute Gasteiger partial charge is 0.335 e. The first-order valence-corrected chi connectivity index (χ1v) is 10.9. The van der Waals surface area contributed by atoms with Gasteiger partial charge in [0.25, 0.3) is 0 Å². The summed E-state index contributed by atoms with van der Waals surface area (Å²) in [4.78, 5) is 16.2. The highest BCUT2D eigenvalue weighted by atomic mass is 35.5. The summed E-state index contributed by atoms with van der Waals surface area (Å²) < 4.78 is 1.86. The Labute approximate surface area is 171 Å². The number of benzene rings is 1. The lowest BCUT2D eigenvalue weighted by Gasteiger charge is -2.33. The molecule has 0 radical (unpaired) electrons. The van der Waals surface area contributed by atoms with Gasteiger partial charge in [-0.05, 0) is 55.0 Å². The van der Waals surface area contributed by atoms with Gasteiger partial charge in [-0.3, -0.25) is 9.36 Å². The molecule has 5 nitrogen and oxygen atoms in total. The van der Waals surface area contributed by atoms with Gasteiger partial charge in [0.2, 0.25) is 5.91 Å². The molecule has 1 amide bonds. The second-order valence-electron chi connectivity index (χ2n) is 6.52. The minimum Gasteiger partial charge on any atom is -0.335 e. The van der Waals surface area contributed by atoms with E-state index in [-0.39, 0.29) is 11.9 Å². The van der Waals surface area contributed by atoms with E-state index in [0.29, 0.717) is 15.9 Å². The van der Waals surface area contributed by atoms with Crippen LogP contribution in [0.25, 0.3) is 5.69 Å². The lowest BCUT2D eigenvalue weighted by molar-refractivity contribution is -0.130. The average molecular weight is 419 g/mol. The van der Waals surface area contributed by atoms with E-state index in [4.69, 9.17) is 11.6 Å². The van der Waals surface area contributed by atoms with E-state index < -0.39 is 0 Å². The molecule has 1 atom stereocenters. The number of aryl methyl sites for hydroxylation is 1. The Morgan fingerprint density at radius 3 is 3.07 bits per heavy atom. The normalized spacial score (nSPS) is 16.4. The molecule has 0 spiro atoms. The quantitative estimate of drug-likeness (QED) is 0.584. The van der Waals surface area contributed by atoms with E-state index in [2.05, 4.69) is 28.6 Å². The van der Waals surface area contributed by atoms with Crippen LogP contribution in [0, 0.1) is 6.92 Å². The van der Waals surface area contributed by atoms with Crippen molar-refractivity contribution in [3.05, 3.63) is 57.0 Å². The van der Waals surface area contributed by atoms with Crippen molar-refractivity contribution < 1.29 is 4.79 Å². The Kier molecular flexibility index (Phi) is 5.25. The fourth-order valence-electron chi connectivity index (χ4n) is 3.29. The summed E-state index contributed by atoms with van der Waals surface area (Å²) >= 11 is 9.42. The molecule has 3 heterocycles. The number of thioether (sulfide) groups is 1. The monoisotopic (exact) mass is 418 g/mol. The number of hydrogen-bond donors (Lipinski definition) is 0. The van der Waals surface area contributed by atoms with E-state index >= 15 is 0 Å². The third-order valence-electron chi connectivity index (χ3n) is 4.87. The molecule has 1 aliphatic heterocycles. The Morgan fingerprint density at radius 1 is 1.41 bits per heavy atom. The van der Waals surface area contributed by atoms with Gasteiger partial charge in [-0.1, -0.05) is 29.4 Å². The summed E-state index contributed by atoms with van der Waals surface area (Å²) in [6, 6.07) is 8.08. The zero-order valence-electron chi connectivity index (χ0n) is 15.1. The van der Waals surface area contributed by atoms with Crippen molar-refractivity contribution in [1.29, 1.82) is 0 Å². The Bertz CT molecular complexity index is 984. The minimum atomic E-state index is 0.126. The predicted octanol–water partition coefficient (Wildman–Crippen LogP) is 4.53. The van der Waals surface area contributed by atoms with Gasteiger partial charge in [0.1, 0.15) is 6.33 Å². The fourth-order valence-corrected chi connectivity index (χ4v) is 5.24. The van der Waals surface area contributed by atoms with Crippen molar-refractivity contribution in [2.75, 3.05) is 12.3 Å². The van der Waals surface area contributed by atoms with Gasteiger partial charge in [0, 0.05) is 16.4 Å². The molecule has 0 fully saturated rings. The van der Waals surface area contributed by atoms with Crippen molar-refractivity contribution in [3.8, 4) is 5.69 Å². The van der Waals surface area contributed by atoms with E-state index in [1.807, 2.05) is 34.6 Å². The third-order valence-corrected chi connectivity index (χ3v) is 7.20. The Morgan fingerprint density at radius 2 is 2.26 bits per heavy atom. The minimum absolute atomic E-state index is 0.126. The van der Waals surface area contributed by atoms with Crippen molar-refractivity contribution in [2.45, 2.75) is 31.5 Å². The SMILES string of the molecule is Cc1ccc(-n2cnnc2SCC(=O)N2CCc3sccc3[C@H]2C)cc1Cl. The number of carbonyl (C=O) groups excluding carboxylic acids is 1. The highest BCUT2D eigenvalue weighted by molar-refractivity contribution is 7.99. The maximum absolute atomic E-state index is 12.8. The van der Waals surface area contributed by atoms with Crippen LogP contribution in [0.3, 0.4) is 0 Å². The van der Waals surface area contributed by atoms with Crippen molar-refractivity contribution in [3.63, 3.8) is 0 Å². The maximum Gasteiger partial charge on any atom is 0.233 e. The molecule has 0 aliphatic carbocycles. The highest BCUT2D eigenvalue weighted by Gasteiger charge is 2.28. The highest BCUT2D eigenvalue weighted by Crippen LogP contribution is 2.33. The molecule has 8 heteroatoms. The van der Waals surface area contributed by atoms with Crippen LogP contribution in [0.4, 0.5) is 0 Å². The van der Waals surface area contributed by atoms with Gasteiger partial charge in [-0.15, -0.1) is 21.5 Å². The van der Waals surface area contributed by atoms with Crippen LogP contribution >= 0.6 is 34.7 Å². The fraction of sp³-hybridized carbons (Fsp3) is 0.316. The van der Waals surface area contributed by atoms with E-state index in [1.165, 1.54) is 22.2 Å². The molecule has 4 rings (SSSR count). The van der Waals surface area contributed by atoms with Crippen LogP contribution in [-0.4, -0.2) is 37.9 Å². The average Bonchev–Trinajstić information content (AvgIpc) is 3.32. The Balaban J connectivity index is 1.46. The van der Waals surface area contributed by atoms with Crippen LogP contribution in [0.15, 0.2) is 41.1 Å². The molecule has 3 aromatic rings. The smallest absolute Gasteiger partial charge is 0.233 e. The molecule has 0 saturated heterocycles. The molecule has 27 heavy (non-hydrogen) atoms. The van der Waals surface area contributed by atoms with Gasteiger partial charge < -0.3 is 4.90 Å². The number of hydrogen-bond acceptors (Lipinski definition) is 5. The van der Waals surface area contributed by atoms with Gasteiger partial charge in [-0.25, -0.2) is 0 Å². The summed E-state index contributed by atoms with van der Waals surface area (Å²) in [5.41, 5.74) is 3.19. The molecule has 0 unspecified atom stereocenters. The third kappa shape index (κ3) is 3.63. The van der Waals surface area contributed by atoms with E-state index in [9.17, 15) is 4.79 Å². The zero-order valence-corrected chi connectivity index (χ0v) is 17.4. The number of amides is 1. The molecular weight excluding hydrogens is 400 g/mol. The molecule has 1 aliphatic rings. The van der Waals surface area contributed by atoms with E-state index in [0.717, 1.165) is 24.2 Å². The number of thiophene rings is 1. The van der Waals surface area contributed by atoms with Crippen LogP contribution < -0.4 is 0 Å². The van der Waals surface area contributed by atoms with Crippen LogP contribution in [0.2, 0.25) is 5.02 Å². The summed E-state index contributed by atoms with van der Waals surface area (Å²) in [6.07, 6.45) is 2.58. The van der Waals surface area contributed by atoms with Gasteiger partial charge >= 0.3 is 0 Å². The second-order valence-corrected chi connectivity index (χ2v) is 8.87. The van der Waals surface area contributed by atoms with E-state index in [1.54, 1.807) is 17.7 Å². The van der Waals surface area contributed by atoms with Crippen molar-refractivity contribution >= 4 is 40.6 Å². The number of aromatic nitrogens is 3. The molecule has 140 valence electrons. The van der Waals surface area contributed by atoms with Gasteiger partial charge in [0.05, 0.1) is 17.5 Å². The second kappa shape index (κ2) is 7.66. The molecule has 0 N–H and O–H groups in total. The number of rotatable bonds is 4. The first kappa shape index (κ1) is 18.5. The van der Waals surface area contributed by atoms with Crippen LogP contribution in [0.5, 0.6) is 0 Å². The van der Waals surface area contributed by atoms with Crippen LogP contribution in [0.1, 0.15) is 29.0 Å². The summed E-state index contributed by atoms with van der Waals surface area (Å²) in [6.45, 7) is 4.84. The lowest BCUT2D eigenvalue weighted by atomic mass is 10.0. The van der Waals surface area contributed by atoms with Gasteiger partial charge in [0.15, 0.2) is 5.16 Å². The summed E-state index contributed by atoms with van der Waals surface area (Å²) in [5, 5.41) is 11.7. The lowest BCUT2D eigenvalue weighted by Crippen LogP contribution is -2.39. The number of halogens is 1. The molecule has 0 saturated carbocycles. The van der Waals surface area contributed by atoms with Crippen molar-refractivity contribution in [1.82, 2.24) is 19.7 Å². The Hall–Kier alpha value is -1.83. The first-order chi connectivity index (χ1) is 13.0. The van der Waals surface area contributed by atoms with Crippen LogP contribution in [-0.2, 0) is 11.2 Å².